The number of carbonyl (C=O) groups excluding carboxylic acids is 2. The number of ether oxygens (including phenoxy) is 2. The van der Waals surface area contributed by atoms with Crippen LogP contribution in [0.5, 0.6) is 5.75 Å². The van der Waals surface area contributed by atoms with Gasteiger partial charge in [0, 0.05) is 10.7 Å². The maximum atomic E-state index is 12.3. The summed E-state index contributed by atoms with van der Waals surface area (Å²) in [5.41, 5.74) is 1.69. The average Bonchev–Trinajstić information content (AvgIpc) is 2.56. The first-order chi connectivity index (χ1) is 11.4. The van der Waals surface area contributed by atoms with Crippen LogP contribution < -0.4 is 10.1 Å². The van der Waals surface area contributed by atoms with Gasteiger partial charge in [0.2, 0.25) is 0 Å². The van der Waals surface area contributed by atoms with E-state index in [0.29, 0.717) is 22.0 Å². The number of halogens is 1. The molecule has 2 aromatic carbocycles. The number of amides is 1. The quantitative estimate of drug-likeness (QED) is 0.834. The minimum atomic E-state index is -0.716. The smallest absolute Gasteiger partial charge is 0.337 e. The van der Waals surface area contributed by atoms with Crippen molar-refractivity contribution >= 4 is 29.2 Å². The van der Waals surface area contributed by atoms with Gasteiger partial charge in [-0.2, -0.15) is 0 Å². The number of methoxy groups -OCH3 is 1. The number of esters is 1. The van der Waals surface area contributed by atoms with Gasteiger partial charge in [-0.3, -0.25) is 4.79 Å². The number of aryl methyl sites for hydroxylation is 1. The van der Waals surface area contributed by atoms with Gasteiger partial charge in [-0.05, 0) is 55.8 Å². The van der Waals surface area contributed by atoms with Gasteiger partial charge in [0.15, 0.2) is 6.10 Å². The molecule has 0 fully saturated rings. The topological polar surface area (TPSA) is 64.6 Å². The summed E-state index contributed by atoms with van der Waals surface area (Å²) in [6.45, 7) is 3.50. The summed E-state index contributed by atoms with van der Waals surface area (Å²) < 4.78 is 10.3. The summed E-state index contributed by atoms with van der Waals surface area (Å²) >= 11 is 5.90. The second kappa shape index (κ2) is 7.84. The molecule has 0 aromatic heterocycles. The molecule has 1 N–H and O–H groups in total. The van der Waals surface area contributed by atoms with Crippen molar-refractivity contribution in [2.75, 3.05) is 12.4 Å². The molecule has 24 heavy (non-hydrogen) atoms. The fourth-order valence-electron chi connectivity index (χ4n) is 2.07. The van der Waals surface area contributed by atoms with Crippen LogP contribution in [-0.4, -0.2) is 25.1 Å². The lowest BCUT2D eigenvalue weighted by molar-refractivity contribution is -0.122. The summed E-state index contributed by atoms with van der Waals surface area (Å²) in [6, 6.07) is 11.7. The number of hydrogen-bond donors (Lipinski definition) is 1. The lowest BCUT2D eigenvalue weighted by Gasteiger charge is -2.16. The van der Waals surface area contributed by atoms with Gasteiger partial charge >= 0.3 is 5.97 Å². The van der Waals surface area contributed by atoms with Crippen LogP contribution in [0.15, 0.2) is 42.5 Å². The molecule has 0 saturated heterocycles. The van der Waals surface area contributed by atoms with E-state index in [9.17, 15) is 9.59 Å². The van der Waals surface area contributed by atoms with E-state index >= 15 is 0 Å². The van der Waals surface area contributed by atoms with Gasteiger partial charge in [-0.15, -0.1) is 0 Å². The predicted molar refractivity (Wildman–Crippen MR) is 92.7 cm³/mol. The maximum Gasteiger partial charge on any atom is 0.337 e. The lowest BCUT2D eigenvalue weighted by atomic mass is 10.2. The zero-order valence-corrected chi connectivity index (χ0v) is 14.4. The molecule has 126 valence electrons. The van der Waals surface area contributed by atoms with Crippen molar-refractivity contribution in [2.24, 2.45) is 0 Å². The van der Waals surface area contributed by atoms with E-state index in [0.717, 1.165) is 5.56 Å². The van der Waals surface area contributed by atoms with E-state index in [1.165, 1.54) is 7.11 Å². The highest BCUT2D eigenvalue weighted by Gasteiger charge is 2.16. The highest BCUT2D eigenvalue weighted by molar-refractivity contribution is 6.30. The van der Waals surface area contributed by atoms with E-state index in [2.05, 4.69) is 10.1 Å². The molecule has 1 amide bonds. The summed E-state index contributed by atoms with van der Waals surface area (Å²) in [5.74, 6) is -0.205. The Balaban J connectivity index is 2.05. The first-order valence-corrected chi connectivity index (χ1v) is 7.70. The van der Waals surface area contributed by atoms with Crippen LogP contribution in [0.1, 0.15) is 22.8 Å². The summed E-state index contributed by atoms with van der Waals surface area (Å²) in [6.07, 6.45) is -0.716. The number of nitrogens with one attached hydrogen (secondary N) is 1. The van der Waals surface area contributed by atoms with Gasteiger partial charge in [0.1, 0.15) is 5.75 Å². The molecular formula is C18H18ClNO4. The Labute approximate surface area is 145 Å². The molecule has 0 bridgehead atoms. The van der Waals surface area contributed by atoms with Crippen LogP contribution in [0, 0.1) is 6.92 Å². The fraction of sp³-hybridized carbons (Fsp3) is 0.222. The van der Waals surface area contributed by atoms with E-state index in [-0.39, 0.29) is 5.91 Å². The second-order valence-electron chi connectivity index (χ2n) is 5.23. The third kappa shape index (κ3) is 4.49. The van der Waals surface area contributed by atoms with Gasteiger partial charge in [0.05, 0.1) is 12.7 Å². The highest BCUT2D eigenvalue weighted by atomic mass is 35.5. The van der Waals surface area contributed by atoms with E-state index in [1.807, 2.05) is 6.92 Å². The van der Waals surface area contributed by atoms with Crippen molar-refractivity contribution in [3.05, 3.63) is 58.6 Å². The summed E-state index contributed by atoms with van der Waals surface area (Å²) in [4.78, 5) is 23.8. The molecule has 0 aliphatic rings. The Bertz CT molecular complexity index is 760. The van der Waals surface area contributed by atoms with Crippen LogP contribution in [-0.2, 0) is 9.53 Å². The first-order valence-electron chi connectivity index (χ1n) is 7.32. The van der Waals surface area contributed by atoms with Crippen LogP contribution >= 0.6 is 11.6 Å². The molecule has 0 spiro atoms. The number of benzene rings is 2. The zero-order chi connectivity index (χ0) is 17.7. The predicted octanol–water partition coefficient (Wildman–Crippen LogP) is 3.84. The largest absolute Gasteiger partial charge is 0.481 e. The molecule has 0 aliphatic heterocycles. The number of hydrogen-bond acceptors (Lipinski definition) is 4. The number of rotatable bonds is 5. The minimum absolute atomic E-state index is 0.327. The van der Waals surface area contributed by atoms with Crippen molar-refractivity contribution in [3.63, 3.8) is 0 Å². The van der Waals surface area contributed by atoms with Crippen molar-refractivity contribution < 1.29 is 19.1 Å². The zero-order valence-electron chi connectivity index (χ0n) is 13.6. The number of carbonyl (C=O) groups is 2. The summed E-state index contributed by atoms with van der Waals surface area (Å²) in [7, 11) is 1.30. The molecule has 6 heteroatoms. The average molecular weight is 348 g/mol. The fourth-order valence-corrected chi connectivity index (χ4v) is 2.30. The normalized spacial score (nSPS) is 11.5. The standard InChI is InChI=1S/C18H18ClNO4/c1-11-9-14(19)7-8-16(11)24-12(2)17(21)20-15-6-4-5-13(10-15)18(22)23-3/h4-10,12H,1-3H3,(H,20,21)/t12-/m0/s1. The van der Waals surface area contributed by atoms with Crippen molar-refractivity contribution in [1.82, 2.24) is 0 Å². The van der Waals surface area contributed by atoms with Crippen molar-refractivity contribution in [3.8, 4) is 5.75 Å². The molecule has 0 unspecified atom stereocenters. The third-order valence-corrected chi connectivity index (χ3v) is 3.60. The Kier molecular flexibility index (Phi) is 5.82. The minimum Gasteiger partial charge on any atom is -0.481 e. The van der Waals surface area contributed by atoms with Crippen molar-refractivity contribution in [2.45, 2.75) is 20.0 Å². The van der Waals surface area contributed by atoms with Crippen molar-refractivity contribution in [1.29, 1.82) is 0 Å². The lowest BCUT2D eigenvalue weighted by Crippen LogP contribution is -2.30. The molecular weight excluding hydrogens is 330 g/mol. The Hall–Kier alpha value is -2.53. The second-order valence-corrected chi connectivity index (χ2v) is 5.67. The monoisotopic (exact) mass is 347 g/mol. The maximum absolute atomic E-state index is 12.3. The van der Waals surface area contributed by atoms with Crippen LogP contribution in [0.3, 0.4) is 0 Å². The molecule has 2 aromatic rings. The van der Waals surface area contributed by atoms with Gasteiger partial charge in [0.25, 0.3) is 5.91 Å². The van der Waals surface area contributed by atoms with Crippen LogP contribution in [0.25, 0.3) is 0 Å². The molecule has 5 nitrogen and oxygen atoms in total. The molecule has 0 aliphatic carbocycles. The van der Waals surface area contributed by atoms with E-state index in [4.69, 9.17) is 16.3 Å². The molecule has 0 saturated carbocycles. The third-order valence-electron chi connectivity index (χ3n) is 3.36. The summed E-state index contributed by atoms with van der Waals surface area (Å²) in [5, 5.41) is 3.32. The van der Waals surface area contributed by atoms with Gasteiger partial charge in [-0.1, -0.05) is 17.7 Å². The number of anilines is 1. The first kappa shape index (κ1) is 17.8. The molecule has 2 rings (SSSR count). The highest BCUT2D eigenvalue weighted by Crippen LogP contribution is 2.23. The molecule has 0 heterocycles. The van der Waals surface area contributed by atoms with Gasteiger partial charge < -0.3 is 14.8 Å². The Morgan fingerprint density at radius 1 is 1.17 bits per heavy atom. The molecule has 1 atom stereocenters. The Morgan fingerprint density at radius 2 is 1.92 bits per heavy atom. The molecule has 0 radical (unpaired) electrons. The van der Waals surface area contributed by atoms with E-state index < -0.39 is 12.1 Å². The van der Waals surface area contributed by atoms with E-state index in [1.54, 1.807) is 49.4 Å². The Morgan fingerprint density at radius 3 is 2.58 bits per heavy atom. The van der Waals surface area contributed by atoms with Gasteiger partial charge in [-0.25, -0.2) is 4.79 Å². The van der Waals surface area contributed by atoms with Crippen LogP contribution in [0.4, 0.5) is 5.69 Å². The SMILES string of the molecule is COC(=O)c1cccc(NC(=O)[C@H](C)Oc2ccc(Cl)cc2C)c1. The van der Waals surface area contributed by atoms with Crippen LogP contribution in [0.2, 0.25) is 5.02 Å².